The topological polar surface area (TPSA) is 65.7 Å². The molecule has 0 unspecified atom stereocenters. The van der Waals surface area contributed by atoms with Gasteiger partial charge in [0.15, 0.2) is 11.7 Å². The molecule has 1 heterocycles. The molecular formula is C20H31FIN5O. The van der Waals surface area contributed by atoms with Crippen molar-refractivity contribution >= 4 is 35.6 Å². The summed E-state index contributed by atoms with van der Waals surface area (Å²) in [6, 6.07) is 8.58. The molecule has 2 aromatic rings. The Morgan fingerprint density at radius 2 is 2.07 bits per heavy atom. The van der Waals surface area contributed by atoms with Gasteiger partial charge in [0, 0.05) is 38.4 Å². The van der Waals surface area contributed by atoms with Crippen LogP contribution in [0.15, 0.2) is 39.8 Å². The molecule has 1 aromatic carbocycles. The molecule has 0 aliphatic heterocycles. The van der Waals surface area contributed by atoms with Crippen molar-refractivity contribution < 1.29 is 8.91 Å². The van der Waals surface area contributed by atoms with Crippen molar-refractivity contribution in [3.05, 3.63) is 47.6 Å². The highest BCUT2D eigenvalue weighted by Crippen LogP contribution is 2.15. The first-order valence-corrected chi connectivity index (χ1v) is 9.44. The van der Waals surface area contributed by atoms with Crippen LogP contribution in [0.3, 0.4) is 0 Å². The summed E-state index contributed by atoms with van der Waals surface area (Å²) in [6.07, 6.45) is 0.900. The maximum absolute atomic E-state index is 13.3. The lowest BCUT2D eigenvalue weighted by molar-refractivity contribution is 0.376. The van der Waals surface area contributed by atoms with Crippen LogP contribution < -0.4 is 15.5 Å². The first kappa shape index (κ1) is 24.2. The highest BCUT2D eigenvalue weighted by Gasteiger charge is 2.07. The summed E-state index contributed by atoms with van der Waals surface area (Å²) in [7, 11) is 1.96. The zero-order valence-corrected chi connectivity index (χ0v) is 19.4. The van der Waals surface area contributed by atoms with E-state index < -0.39 is 0 Å². The molecule has 2 rings (SSSR count). The van der Waals surface area contributed by atoms with E-state index in [2.05, 4.69) is 34.6 Å². The fraction of sp³-hybridized carbons (Fsp3) is 0.500. The van der Waals surface area contributed by atoms with Crippen molar-refractivity contribution in [3.8, 4) is 0 Å². The van der Waals surface area contributed by atoms with E-state index in [9.17, 15) is 4.39 Å². The van der Waals surface area contributed by atoms with Gasteiger partial charge in [-0.25, -0.2) is 9.38 Å². The molecule has 6 nitrogen and oxygen atoms in total. The molecular weight excluding hydrogens is 472 g/mol. The molecule has 0 saturated heterocycles. The number of halogens is 2. The number of aromatic nitrogens is 1. The average Bonchev–Trinajstić information content (AvgIpc) is 3.12. The first-order chi connectivity index (χ1) is 13.0. The van der Waals surface area contributed by atoms with Gasteiger partial charge in [-0.2, -0.15) is 0 Å². The molecule has 0 atom stereocenters. The Kier molecular flexibility index (Phi) is 10.9. The lowest BCUT2D eigenvalue weighted by Gasteiger charge is -2.19. The molecule has 8 heteroatoms. The van der Waals surface area contributed by atoms with Crippen molar-refractivity contribution in [3.63, 3.8) is 0 Å². The van der Waals surface area contributed by atoms with Gasteiger partial charge in [-0.15, -0.1) is 24.0 Å². The first-order valence-electron chi connectivity index (χ1n) is 9.44. The third kappa shape index (κ3) is 8.04. The van der Waals surface area contributed by atoms with E-state index in [-0.39, 0.29) is 29.8 Å². The lowest BCUT2D eigenvalue weighted by Crippen LogP contribution is -2.38. The molecule has 0 aliphatic rings. The number of nitrogens with zero attached hydrogens (tertiary/aromatic N) is 3. The largest absolute Gasteiger partial charge is 0.374 e. The van der Waals surface area contributed by atoms with E-state index in [1.807, 2.05) is 31.0 Å². The molecule has 0 spiro atoms. The summed E-state index contributed by atoms with van der Waals surface area (Å²) in [4.78, 5) is 6.58. The van der Waals surface area contributed by atoms with E-state index in [0.29, 0.717) is 12.5 Å². The van der Waals surface area contributed by atoms with Crippen molar-refractivity contribution in [2.24, 2.45) is 4.99 Å². The summed E-state index contributed by atoms with van der Waals surface area (Å²) in [5.41, 5.74) is 1.82. The summed E-state index contributed by atoms with van der Waals surface area (Å²) in [5.74, 6) is 1.62. The quantitative estimate of drug-likeness (QED) is 0.233. The van der Waals surface area contributed by atoms with Crippen molar-refractivity contribution in [1.82, 2.24) is 15.8 Å². The van der Waals surface area contributed by atoms with Gasteiger partial charge in [0.05, 0.1) is 5.69 Å². The molecule has 0 saturated carbocycles. The second-order valence-electron chi connectivity index (χ2n) is 6.75. The molecule has 156 valence electrons. The second-order valence-corrected chi connectivity index (χ2v) is 6.75. The fourth-order valence-electron chi connectivity index (χ4n) is 2.54. The predicted octanol–water partition coefficient (Wildman–Crippen LogP) is 4.14. The monoisotopic (exact) mass is 503 g/mol. The third-order valence-corrected chi connectivity index (χ3v) is 4.12. The van der Waals surface area contributed by atoms with Crippen molar-refractivity contribution in [1.29, 1.82) is 0 Å². The van der Waals surface area contributed by atoms with Crippen LogP contribution in [0.25, 0.3) is 0 Å². The number of hydrogen-bond donors (Lipinski definition) is 2. The average molecular weight is 503 g/mol. The van der Waals surface area contributed by atoms with E-state index in [4.69, 9.17) is 4.52 Å². The van der Waals surface area contributed by atoms with Gasteiger partial charge in [0.25, 0.3) is 0 Å². The Bertz CT molecular complexity index is 735. The highest BCUT2D eigenvalue weighted by molar-refractivity contribution is 14.0. The Hall–Kier alpha value is -1.84. The van der Waals surface area contributed by atoms with Crippen LogP contribution in [0.4, 0.5) is 10.1 Å². The van der Waals surface area contributed by atoms with Gasteiger partial charge < -0.3 is 20.1 Å². The lowest BCUT2D eigenvalue weighted by atomic mass is 10.1. The second kappa shape index (κ2) is 12.6. The number of nitrogens with one attached hydrogen (secondary N) is 2. The van der Waals surface area contributed by atoms with Gasteiger partial charge in [0.1, 0.15) is 12.4 Å². The van der Waals surface area contributed by atoms with Crippen LogP contribution in [-0.2, 0) is 6.54 Å². The van der Waals surface area contributed by atoms with Crippen molar-refractivity contribution in [2.45, 2.75) is 39.7 Å². The number of benzene rings is 1. The van der Waals surface area contributed by atoms with E-state index in [0.717, 1.165) is 49.2 Å². The summed E-state index contributed by atoms with van der Waals surface area (Å²) < 4.78 is 18.6. The molecule has 1 aromatic heterocycles. The van der Waals surface area contributed by atoms with Crippen LogP contribution in [0.5, 0.6) is 0 Å². The molecule has 0 fully saturated rings. The zero-order chi connectivity index (χ0) is 19.6. The summed E-state index contributed by atoms with van der Waals surface area (Å²) in [6.45, 7) is 8.99. The van der Waals surface area contributed by atoms with Gasteiger partial charge in [0.2, 0.25) is 0 Å². The van der Waals surface area contributed by atoms with Crippen LogP contribution in [0.1, 0.15) is 44.6 Å². The number of anilines is 1. The fourth-order valence-corrected chi connectivity index (χ4v) is 2.54. The minimum Gasteiger partial charge on any atom is -0.374 e. The van der Waals surface area contributed by atoms with Crippen LogP contribution >= 0.6 is 24.0 Å². The van der Waals surface area contributed by atoms with Gasteiger partial charge in [-0.3, -0.25) is 0 Å². The van der Waals surface area contributed by atoms with Crippen LogP contribution in [0.2, 0.25) is 0 Å². The number of aliphatic imine (C=N–C) groups is 1. The van der Waals surface area contributed by atoms with Gasteiger partial charge >= 0.3 is 0 Å². The standard InChI is InChI=1S/C20H30FN5O.HI/c1-5-22-20(24-14-18-13-19(15(2)3)25-27-18)23-10-7-11-26(4)17-9-6-8-16(21)12-17;/h6,8-9,12-13,15H,5,7,10-11,14H2,1-4H3,(H2,22,23,24);1H. The normalized spacial score (nSPS) is 11.3. The summed E-state index contributed by atoms with van der Waals surface area (Å²) in [5, 5.41) is 10.6. The Balaban J connectivity index is 0.00000392. The van der Waals surface area contributed by atoms with E-state index in [1.54, 1.807) is 12.1 Å². The van der Waals surface area contributed by atoms with Gasteiger partial charge in [-0.1, -0.05) is 25.1 Å². The van der Waals surface area contributed by atoms with E-state index in [1.165, 1.54) is 6.07 Å². The third-order valence-electron chi connectivity index (χ3n) is 4.12. The SMILES string of the molecule is CCNC(=NCc1cc(C(C)C)no1)NCCCN(C)c1cccc(F)c1.I. The van der Waals surface area contributed by atoms with E-state index >= 15 is 0 Å². The highest BCUT2D eigenvalue weighted by atomic mass is 127. The Labute approximate surface area is 184 Å². The molecule has 2 N–H and O–H groups in total. The van der Waals surface area contributed by atoms with Gasteiger partial charge in [-0.05, 0) is 37.5 Å². The summed E-state index contributed by atoms with van der Waals surface area (Å²) >= 11 is 0. The Morgan fingerprint density at radius 1 is 1.29 bits per heavy atom. The number of hydrogen-bond acceptors (Lipinski definition) is 4. The maximum atomic E-state index is 13.3. The predicted molar refractivity (Wildman–Crippen MR) is 123 cm³/mol. The number of rotatable bonds is 9. The van der Waals surface area contributed by atoms with Crippen LogP contribution in [-0.4, -0.2) is 37.8 Å². The molecule has 28 heavy (non-hydrogen) atoms. The number of guanidine groups is 1. The molecule has 0 aliphatic carbocycles. The van der Waals surface area contributed by atoms with Crippen molar-refractivity contribution in [2.75, 3.05) is 31.6 Å². The maximum Gasteiger partial charge on any atom is 0.191 e. The Morgan fingerprint density at radius 3 is 2.71 bits per heavy atom. The zero-order valence-electron chi connectivity index (χ0n) is 17.0. The van der Waals surface area contributed by atoms with Crippen LogP contribution in [0, 0.1) is 5.82 Å². The molecule has 0 amide bonds. The smallest absolute Gasteiger partial charge is 0.191 e. The minimum absolute atomic E-state index is 0. The minimum atomic E-state index is -0.216. The molecule has 0 radical (unpaired) electrons. The molecule has 0 bridgehead atoms.